The largest absolute Gasteiger partial charge is 0.416 e. The van der Waals surface area contributed by atoms with Crippen LogP contribution in [0.1, 0.15) is 53.0 Å². The number of halogens is 7. The standard InChI is InChI=1S/C28H27F7N2O2/c1-16-9-20(29)3-6-23(16)25-15-37(21-4-5-22(38)13-21)8-7-24(25)26(39)36(2)14-17-10-18(27(30,31)32)12-19(11-17)28(33,34)35/h3,6,9-13,24-25H,4-5,7-8,14-15H2,1-2H3. The number of piperidine rings is 1. The molecule has 0 radical (unpaired) electrons. The SMILES string of the molecule is Cc1cc(F)ccc1C1CN(C2=CC(=O)CC2)CCC1C(=O)N(C)Cc1cc(C(F)(F)F)cc(C(F)(F)F)c1. The van der Waals surface area contributed by atoms with Crippen LogP contribution in [0.4, 0.5) is 30.7 Å². The monoisotopic (exact) mass is 556 g/mol. The number of carbonyl (C=O) groups is 2. The van der Waals surface area contributed by atoms with E-state index in [9.17, 15) is 40.3 Å². The van der Waals surface area contributed by atoms with Gasteiger partial charge in [-0.25, -0.2) is 4.39 Å². The van der Waals surface area contributed by atoms with Crippen molar-refractivity contribution in [3.8, 4) is 0 Å². The molecule has 1 saturated heterocycles. The molecule has 2 aromatic carbocycles. The smallest absolute Gasteiger partial charge is 0.374 e. The second-order valence-electron chi connectivity index (χ2n) is 10.2. The zero-order valence-electron chi connectivity index (χ0n) is 21.3. The molecule has 210 valence electrons. The first-order chi connectivity index (χ1) is 18.1. The molecule has 1 aliphatic heterocycles. The second-order valence-corrected chi connectivity index (χ2v) is 10.2. The molecule has 1 heterocycles. The van der Waals surface area contributed by atoms with E-state index in [0.717, 1.165) is 16.2 Å². The zero-order chi connectivity index (χ0) is 28.7. The molecule has 0 aromatic heterocycles. The Morgan fingerprint density at radius 3 is 2.18 bits per heavy atom. The van der Waals surface area contributed by atoms with Gasteiger partial charge in [0.2, 0.25) is 5.91 Å². The highest BCUT2D eigenvalue weighted by Gasteiger charge is 2.40. The van der Waals surface area contributed by atoms with E-state index in [1.54, 1.807) is 19.1 Å². The van der Waals surface area contributed by atoms with Crippen LogP contribution >= 0.6 is 0 Å². The van der Waals surface area contributed by atoms with Crippen LogP contribution in [0.25, 0.3) is 0 Å². The molecular formula is C28H27F7N2O2. The lowest BCUT2D eigenvalue weighted by molar-refractivity contribution is -0.143. The predicted molar refractivity (Wildman–Crippen MR) is 129 cm³/mol. The quantitative estimate of drug-likeness (QED) is 0.396. The highest BCUT2D eigenvalue weighted by molar-refractivity contribution is 5.92. The predicted octanol–water partition coefficient (Wildman–Crippen LogP) is 6.48. The lowest BCUT2D eigenvalue weighted by atomic mass is 9.78. The summed E-state index contributed by atoms with van der Waals surface area (Å²) in [6, 6.07) is 5.51. The number of nitrogens with zero attached hydrogens (tertiary/aromatic N) is 2. The third kappa shape index (κ3) is 6.45. The van der Waals surface area contributed by atoms with E-state index >= 15 is 0 Å². The van der Waals surface area contributed by atoms with Gasteiger partial charge in [0.1, 0.15) is 5.82 Å². The Balaban J connectivity index is 1.62. The lowest BCUT2D eigenvalue weighted by Gasteiger charge is -2.41. The average molecular weight is 557 g/mol. The van der Waals surface area contributed by atoms with Crippen LogP contribution in [-0.2, 0) is 28.5 Å². The van der Waals surface area contributed by atoms with E-state index in [4.69, 9.17) is 0 Å². The van der Waals surface area contributed by atoms with Crippen LogP contribution < -0.4 is 0 Å². The summed E-state index contributed by atoms with van der Waals surface area (Å²) < 4.78 is 93.7. The summed E-state index contributed by atoms with van der Waals surface area (Å²) in [5, 5.41) is 0. The number of amides is 1. The molecule has 4 nitrogen and oxygen atoms in total. The van der Waals surface area contributed by atoms with Gasteiger partial charge in [-0.2, -0.15) is 26.3 Å². The molecule has 4 rings (SSSR count). The third-order valence-corrected chi connectivity index (χ3v) is 7.37. The number of aryl methyl sites for hydroxylation is 1. The fourth-order valence-corrected chi connectivity index (χ4v) is 5.46. The maximum atomic E-state index is 13.8. The van der Waals surface area contributed by atoms with Gasteiger partial charge in [0.25, 0.3) is 0 Å². The van der Waals surface area contributed by atoms with Gasteiger partial charge in [-0.15, -0.1) is 0 Å². The molecule has 0 saturated carbocycles. The number of likely N-dealkylation sites (tertiary alicyclic amines) is 1. The summed E-state index contributed by atoms with van der Waals surface area (Å²) in [4.78, 5) is 28.6. The van der Waals surface area contributed by atoms with E-state index in [0.29, 0.717) is 50.0 Å². The summed E-state index contributed by atoms with van der Waals surface area (Å²) in [6.07, 6.45) is -7.10. The van der Waals surface area contributed by atoms with Crippen molar-refractivity contribution in [3.05, 3.63) is 81.8 Å². The van der Waals surface area contributed by atoms with Crippen molar-refractivity contribution in [2.75, 3.05) is 20.1 Å². The molecule has 1 aliphatic carbocycles. The van der Waals surface area contributed by atoms with Crippen LogP contribution in [-0.4, -0.2) is 41.6 Å². The van der Waals surface area contributed by atoms with Crippen molar-refractivity contribution in [3.63, 3.8) is 0 Å². The Morgan fingerprint density at radius 2 is 1.64 bits per heavy atom. The van der Waals surface area contributed by atoms with Crippen molar-refractivity contribution in [1.82, 2.24) is 9.80 Å². The number of benzene rings is 2. The summed E-state index contributed by atoms with van der Waals surface area (Å²) in [7, 11) is 1.34. The molecule has 11 heteroatoms. The minimum absolute atomic E-state index is 0.0109. The van der Waals surface area contributed by atoms with Crippen LogP contribution in [0.5, 0.6) is 0 Å². The number of alkyl halides is 6. The Hall–Kier alpha value is -3.37. The van der Waals surface area contributed by atoms with Gasteiger partial charge in [-0.05, 0) is 66.8 Å². The maximum absolute atomic E-state index is 13.8. The first kappa shape index (κ1) is 28.6. The van der Waals surface area contributed by atoms with E-state index in [2.05, 4.69) is 0 Å². The fraction of sp³-hybridized carbons (Fsp3) is 0.429. The number of ketones is 1. The Morgan fingerprint density at radius 1 is 1.00 bits per heavy atom. The molecule has 0 N–H and O–H groups in total. The molecular weight excluding hydrogens is 529 g/mol. The third-order valence-electron chi connectivity index (χ3n) is 7.37. The second kappa shape index (κ2) is 10.7. The average Bonchev–Trinajstić information content (AvgIpc) is 3.28. The molecule has 1 amide bonds. The topological polar surface area (TPSA) is 40.6 Å². The van der Waals surface area contributed by atoms with Crippen molar-refractivity contribution < 1.29 is 40.3 Å². The summed E-state index contributed by atoms with van der Waals surface area (Å²) in [5.74, 6) is -1.96. The van der Waals surface area contributed by atoms with Crippen molar-refractivity contribution >= 4 is 11.7 Å². The molecule has 2 unspecified atom stereocenters. The number of allylic oxidation sites excluding steroid dienone is 2. The van der Waals surface area contributed by atoms with Gasteiger partial charge in [-0.3, -0.25) is 9.59 Å². The van der Waals surface area contributed by atoms with E-state index < -0.39 is 53.6 Å². The van der Waals surface area contributed by atoms with Crippen molar-refractivity contribution in [2.45, 2.75) is 51.0 Å². The van der Waals surface area contributed by atoms with Gasteiger partial charge >= 0.3 is 12.4 Å². The summed E-state index contributed by atoms with van der Waals surface area (Å²) >= 11 is 0. The van der Waals surface area contributed by atoms with E-state index in [1.807, 2.05) is 4.90 Å². The molecule has 39 heavy (non-hydrogen) atoms. The fourth-order valence-electron chi connectivity index (χ4n) is 5.46. The minimum atomic E-state index is -4.99. The minimum Gasteiger partial charge on any atom is -0.374 e. The normalized spacial score (nSPS) is 20.3. The number of hydrogen-bond acceptors (Lipinski definition) is 3. The molecule has 2 atom stereocenters. The first-order valence-corrected chi connectivity index (χ1v) is 12.4. The molecule has 0 bridgehead atoms. The summed E-state index contributed by atoms with van der Waals surface area (Å²) in [5.41, 5.74) is -0.994. The van der Waals surface area contributed by atoms with E-state index in [1.165, 1.54) is 19.2 Å². The molecule has 2 aromatic rings. The van der Waals surface area contributed by atoms with Crippen LogP contribution in [0.15, 0.2) is 48.2 Å². The van der Waals surface area contributed by atoms with Gasteiger partial charge in [0.05, 0.1) is 11.1 Å². The van der Waals surface area contributed by atoms with Crippen molar-refractivity contribution in [1.29, 1.82) is 0 Å². The molecule has 2 aliphatic rings. The summed E-state index contributed by atoms with van der Waals surface area (Å²) in [6.45, 7) is 2.06. The van der Waals surface area contributed by atoms with E-state index in [-0.39, 0.29) is 17.4 Å². The highest BCUT2D eigenvalue weighted by atomic mass is 19.4. The number of carbonyl (C=O) groups excluding carboxylic acids is 2. The van der Waals surface area contributed by atoms with Crippen LogP contribution in [0.2, 0.25) is 0 Å². The molecule has 1 fully saturated rings. The van der Waals surface area contributed by atoms with Crippen molar-refractivity contribution in [2.24, 2.45) is 5.92 Å². The van der Waals surface area contributed by atoms with Crippen LogP contribution in [0, 0.1) is 18.7 Å². The Kier molecular flexibility index (Phi) is 7.82. The van der Waals surface area contributed by atoms with Gasteiger partial charge < -0.3 is 9.80 Å². The Bertz CT molecular complexity index is 1270. The number of rotatable bonds is 5. The van der Waals surface area contributed by atoms with Gasteiger partial charge in [0, 0.05) is 56.7 Å². The Labute approximate surface area is 221 Å². The highest BCUT2D eigenvalue weighted by Crippen LogP contribution is 2.39. The first-order valence-electron chi connectivity index (χ1n) is 12.4. The lowest BCUT2D eigenvalue weighted by Crippen LogP contribution is -2.45. The van der Waals surface area contributed by atoms with Crippen LogP contribution in [0.3, 0.4) is 0 Å². The maximum Gasteiger partial charge on any atom is 0.416 e. The van der Waals surface area contributed by atoms with Gasteiger partial charge in [-0.1, -0.05) is 6.07 Å². The zero-order valence-corrected chi connectivity index (χ0v) is 21.3. The molecule has 0 spiro atoms. The number of hydrogen-bond donors (Lipinski definition) is 0. The van der Waals surface area contributed by atoms with Gasteiger partial charge in [0.15, 0.2) is 5.78 Å².